The van der Waals surface area contributed by atoms with Gasteiger partial charge in [-0.2, -0.15) is 13.2 Å². The van der Waals surface area contributed by atoms with Gasteiger partial charge in [-0.1, -0.05) is 28.1 Å². The summed E-state index contributed by atoms with van der Waals surface area (Å²) in [5.74, 6) is -1.78. The summed E-state index contributed by atoms with van der Waals surface area (Å²) in [4.78, 5) is 25.2. The van der Waals surface area contributed by atoms with Crippen molar-refractivity contribution in [1.29, 1.82) is 0 Å². The molecule has 26 heavy (non-hydrogen) atoms. The number of nitrogens with zero attached hydrogens (tertiary/aromatic N) is 1. The summed E-state index contributed by atoms with van der Waals surface area (Å²) in [5, 5.41) is 0. The van der Waals surface area contributed by atoms with Gasteiger partial charge in [-0.15, -0.1) is 0 Å². The number of likely N-dealkylation sites (tertiary alicyclic amines) is 2. The van der Waals surface area contributed by atoms with Gasteiger partial charge in [0.15, 0.2) is 0 Å². The van der Waals surface area contributed by atoms with Crippen molar-refractivity contribution in [3.63, 3.8) is 0 Å². The Labute approximate surface area is 157 Å². The predicted molar refractivity (Wildman–Crippen MR) is 93.2 cm³/mol. The Morgan fingerprint density at radius 3 is 2.23 bits per heavy atom. The minimum Gasteiger partial charge on any atom is -0.339 e. The summed E-state index contributed by atoms with van der Waals surface area (Å²) in [5.41, 5.74) is 0.682. The Balaban J connectivity index is 1.49. The molecule has 1 N–H and O–H groups in total. The summed E-state index contributed by atoms with van der Waals surface area (Å²) in [6.45, 7) is 1.44. The van der Waals surface area contributed by atoms with E-state index >= 15 is 0 Å². The molecule has 2 saturated heterocycles. The molecule has 2 aliphatic rings. The van der Waals surface area contributed by atoms with Gasteiger partial charge in [0.25, 0.3) is 0 Å². The van der Waals surface area contributed by atoms with E-state index in [0.717, 1.165) is 10.0 Å². The molecule has 1 aromatic rings. The van der Waals surface area contributed by atoms with Crippen molar-refractivity contribution in [3.8, 4) is 0 Å². The van der Waals surface area contributed by atoms with Crippen LogP contribution in [0.1, 0.15) is 18.4 Å². The summed E-state index contributed by atoms with van der Waals surface area (Å²) in [6.07, 6.45) is -0.229. The van der Waals surface area contributed by atoms with Gasteiger partial charge in [0.05, 0.1) is 18.5 Å². The molecule has 4 nitrogen and oxygen atoms in total. The lowest BCUT2D eigenvalue weighted by molar-refractivity contribution is -0.894. The number of amides is 2. The van der Waals surface area contributed by atoms with Crippen molar-refractivity contribution < 1.29 is 27.7 Å². The Bertz CT molecular complexity index is 715. The van der Waals surface area contributed by atoms with Gasteiger partial charge in [-0.05, 0) is 36.6 Å². The smallest absolute Gasteiger partial charge is 0.339 e. The lowest BCUT2D eigenvalue weighted by Gasteiger charge is -2.49. The number of quaternary nitrogens is 1. The van der Waals surface area contributed by atoms with E-state index in [4.69, 9.17) is 0 Å². The van der Waals surface area contributed by atoms with Gasteiger partial charge < -0.3 is 4.90 Å². The van der Waals surface area contributed by atoms with E-state index in [9.17, 15) is 22.8 Å². The van der Waals surface area contributed by atoms with Crippen LogP contribution >= 0.6 is 15.9 Å². The topological polar surface area (TPSA) is 41.8 Å². The molecule has 2 heterocycles. The van der Waals surface area contributed by atoms with Crippen LogP contribution < -0.4 is 4.90 Å². The fourth-order valence-corrected chi connectivity index (χ4v) is 3.88. The van der Waals surface area contributed by atoms with Crippen LogP contribution in [0.3, 0.4) is 0 Å². The maximum atomic E-state index is 12.5. The number of piperidine rings is 1. The molecule has 0 atom stereocenters. The Morgan fingerprint density at radius 2 is 1.69 bits per heavy atom. The minimum atomic E-state index is -4.77. The normalized spacial score (nSPS) is 20.4. The molecule has 1 spiro atoms. The minimum absolute atomic E-state index is 0.0209. The third kappa shape index (κ3) is 4.17. The average Bonchev–Trinajstić information content (AvgIpc) is 2.57. The van der Waals surface area contributed by atoms with Crippen molar-refractivity contribution in [3.05, 3.63) is 40.4 Å². The molecule has 8 heteroatoms. The van der Waals surface area contributed by atoms with E-state index in [1.807, 2.05) is 24.3 Å². The molecule has 2 fully saturated rings. The molecule has 0 bridgehead atoms. The molecule has 140 valence electrons. The molecule has 2 aliphatic heterocycles. The standard InChI is InChI=1S/C18H18BrF3N2O2/c19-14-4-1-13(2-5-14)3-6-15(25)23-9-7-17(8-10-23)11-24(12-17)16(26)18(20,21)22/h1-6H,7-12H2/p+1/b6-3+. The zero-order valence-corrected chi connectivity index (χ0v) is 15.6. The number of benzene rings is 1. The van der Waals surface area contributed by atoms with Crippen LogP contribution in [-0.2, 0) is 9.59 Å². The molecule has 2 amide bonds. The molecule has 0 saturated carbocycles. The zero-order chi connectivity index (χ0) is 18.9. The highest BCUT2D eigenvalue weighted by atomic mass is 79.9. The predicted octanol–water partition coefficient (Wildman–Crippen LogP) is 2.06. The van der Waals surface area contributed by atoms with Gasteiger partial charge in [0.2, 0.25) is 5.91 Å². The Morgan fingerprint density at radius 1 is 1.12 bits per heavy atom. The first-order chi connectivity index (χ1) is 12.2. The fourth-order valence-electron chi connectivity index (χ4n) is 3.62. The van der Waals surface area contributed by atoms with Crippen molar-refractivity contribution in [2.24, 2.45) is 5.41 Å². The number of halogens is 4. The van der Waals surface area contributed by atoms with Crippen molar-refractivity contribution in [2.75, 3.05) is 26.2 Å². The highest BCUT2D eigenvalue weighted by Gasteiger charge is 2.58. The number of carbonyl (C=O) groups excluding carboxylic acids is 2. The summed E-state index contributed by atoms with van der Waals surface area (Å²) >= 11 is 3.35. The summed E-state index contributed by atoms with van der Waals surface area (Å²) in [7, 11) is 0. The van der Waals surface area contributed by atoms with E-state index in [2.05, 4.69) is 15.9 Å². The monoisotopic (exact) mass is 431 g/mol. The van der Waals surface area contributed by atoms with E-state index in [-0.39, 0.29) is 29.3 Å². The summed E-state index contributed by atoms with van der Waals surface area (Å²) in [6, 6.07) is 7.56. The molecular weight excluding hydrogens is 413 g/mol. The maximum absolute atomic E-state index is 12.5. The van der Waals surface area contributed by atoms with Gasteiger partial charge in [-0.25, -0.2) is 4.79 Å². The molecule has 0 radical (unpaired) electrons. The zero-order valence-electron chi connectivity index (χ0n) is 14.0. The van der Waals surface area contributed by atoms with Gasteiger partial charge in [-0.3, -0.25) is 9.69 Å². The third-order valence-corrected chi connectivity index (χ3v) is 5.71. The van der Waals surface area contributed by atoms with Crippen LogP contribution in [-0.4, -0.2) is 49.1 Å². The molecule has 0 aromatic heterocycles. The third-order valence-electron chi connectivity index (χ3n) is 5.18. The van der Waals surface area contributed by atoms with E-state index in [0.29, 0.717) is 25.9 Å². The number of nitrogens with one attached hydrogen (secondary N) is 1. The Hall–Kier alpha value is -1.67. The van der Waals surface area contributed by atoms with Crippen molar-refractivity contribution >= 4 is 33.8 Å². The average molecular weight is 432 g/mol. The quantitative estimate of drug-likeness (QED) is 0.728. The van der Waals surface area contributed by atoms with Crippen LogP contribution in [0.15, 0.2) is 34.8 Å². The second kappa shape index (κ2) is 7.15. The van der Waals surface area contributed by atoms with Crippen LogP contribution in [0.4, 0.5) is 13.2 Å². The van der Waals surface area contributed by atoms with Crippen LogP contribution in [0.5, 0.6) is 0 Å². The largest absolute Gasteiger partial charge is 0.509 e. The SMILES string of the molecule is O=C(/C=C/c1ccc(Br)cc1)N1CCC2(CC1)C[NH+](C(=O)C(F)(F)F)C2. The van der Waals surface area contributed by atoms with Gasteiger partial charge in [0.1, 0.15) is 0 Å². The van der Waals surface area contributed by atoms with E-state index in [1.54, 1.807) is 11.0 Å². The van der Waals surface area contributed by atoms with Crippen LogP contribution in [0.25, 0.3) is 6.08 Å². The number of alkyl halides is 3. The highest BCUT2D eigenvalue weighted by molar-refractivity contribution is 9.10. The van der Waals surface area contributed by atoms with Crippen molar-refractivity contribution in [1.82, 2.24) is 4.90 Å². The first-order valence-corrected chi connectivity index (χ1v) is 9.17. The molecule has 3 rings (SSSR count). The second-order valence-corrected chi connectivity index (χ2v) is 7.91. The molecule has 1 aromatic carbocycles. The maximum Gasteiger partial charge on any atom is 0.509 e. The fraction of sp³-hybridized carbons (Fsp3) is 0.444. The number of rotatable bonds is 2. The number of hydrogen-bond acceptors (Lipinski definition) is 2. The second-order valence-electron chi connectivity index (χ2n) is 6.99. The van der Waals surface area contributed by atoms with E-state index in [1.165, 1.54) is 6.08 Å². The summed E-state index contributed by atoms with van der Waals surface area (Å²) < 4.78 is 38.3. The first kappa shape index (κ1) is 19.1. The number of hydrogen-bond donors (Lipinski definition) is 1. The molecule has 0 aliphatic carbocycles. The first-order valence-electron chi connectivity index (χ1n) is 8.37. The highest BCUT2D eigenvalue weighted by Crippen LogP contribution is 2.33. The molecular formula is C18H19BrF3N2O2+. The van der Waals surface area contributed by atoms with Gasteiger partial charge in [0, 0.05) is 23.6 Å². The van der Waals surface area contributed by atoms with Crippen molar-refractivity contribution in [2.45, 2.75) is 19.0 Å². The van der Waals surface area contributed by atoms with Crippen LogP contribution in [0.2, 0.25) is 0 Å². The van der Waals surface area contributed by atoms with Gasteiger partial charge >= 0.3 is 12.1 Å². The lowest BCUT2D eigenvalue weighted by Crippen LogP contribution is -3.25. The van der Waals surface area contributed by atoms with E-state index < -0.39 is 12.1 Å². The number of carbonyl (C=O) groups is 2. The van der Waals surface area contributed by atoms with Crippen LogP contribution in [0, 0.1) is 5.41 Å². The lowest BCUT2D eigenvalue weighted by atomic mass is 9.72. The molecule has 0 unspecified atom stereocenters. The Kier molecular flexibility index (Phi) is 5.25.